The number of ether oxygens (including phenoxy) is 1. The van der Waals surface area contributed by atoms with E-state index in [0.717, 1.165) is 42.0 Å². The Labute approximate surface area is 181 Å². The molecule has 0 unspecified atom stereocenters. The number of rotatable bonds is 7. The number of Topliss-reactive ketones (excluding diaryl/α,β-unsaturated/α-hetero) is 1. The smallest absolute Gasteiger partial charge is 0.163 e. The molecule has 0 atom stereocenters. The molecule has 1 saturated heterocycles. The van der Waals surface area contributed by atoms with E-state index in [9.17, 15) is 4.79 Å². The Morgan fingerprint density at radius 3 is 2.20 bits per heavy atom. The predicted molar refractivity (Wildman–Crippen MR) is 123 cm³/mol. The molecule has 1 N–H and O–H groups in total. The van der Waals surface area contributed by atoms with Crippen molar-refractivity contribution in [2.24, 2.45) is 5.92 Å². The SMILES string of the molecule is CN(C)Cc1ccccc1Oc1ccc(C(=O)CC2CC(C)(C)NC(C)(C)C2)cc1. The average Bonchev–Trinajstić information content (AvgIpc) is 2.61. The largest absolute Gasteiger partial charge is 0.457 e. The first-order valence-corrected chi connectivity index (χ1v) is 10.9. The fraction of sp³-hybridized carbons (Fsp3) is 0.500. The minimum absolute atomic E-state index is 0.0599. The van der Waals surface area contributed by atoms with Crippen molar-refractivity contribution in [2.45, 2.75) is 64.6 Å². The first kappa shape index (κ1) is 22.5. The van der Waals surface area contributed by atoms with Crippen LogP contribution in [-0.2, 0) is 6.54 Å². The van der Waals surface area contributed by atoms with Gasteiger partial charge in [0.2, 0.25) is 0 Å². The fourth-order valence-corrected chi connectivity index (χ4v) is 4.97. The average molecular weight is 409 g/mol. The van der Waals surface area contributed by atoms with Gasteiger partial charge in [0.25, 0.3) is 0 Å². The zero-order valence-electron chi connectivity index (χ0n) is 19.3. The summed E-state index contributed by atoms with van der Waals surface area (Å²) in [7, 11) is 4.09. The Morgan fingerprint density at radius 1 is 1.00 bits per heavy atom. The third kappa shape index (κ3) is 6.16. The van der Waals surface area contributed by atoms with E-state index in [2.05, 4.69) is 44.0 Å². The summed E-state index contributed by atoms with van der Waals surface area (Å²) in [6.07, 6.45) is 2.64. The van der Waals surface area contributed by atoms with E-state index in [1.54, 1.807) is 0 Å². The van der Waals surface area contributed by atoms with Crippen molar-refractivity contribution in [1.82, 2.24) is 10.2 Å². The molecule has 2 aromatic rings. The number of carbonyl (C=O) groups is 1. The number of ketones is 1. The first-order valence-electron chi connectivity index (χ1n) is 10.9. The Balaban J connectivity index is 1.65. The van der Waals surface area contributed by atoms with Crippen LogP contribution in [0.3, 0.4) is 0 Å². The van der Waals surface area contributed by atoms with Gasteiger partial charge >= 0.3 is 0 Å². The molecule has 3 rings (SSSR count). The Kier molecular flexibility index (Phi) is 6.68. The van der Waals surface area contributed by atoms with Crippen molar-refractivity contribution < 1.29 is 9.53 Å². The molecule has 1 aliphatic rings. The third-order valence-corrected chi connectivity index (χ3v) is 5.61. The molecular weight excluding hydrogens is 372 g/mol. The van der Waals surface area contributed by atoms with Gasteiger partial charge in [-0.05, 0) is 90.9 Å². The third-order valence-electron chi connectivity index (χ3n) is 5.61. The van der Waals surface area contributed by atoms with Gasteiger partial charge in [-0.15, -0.1) is 0 Å². The van der Waals surface area contributed by atoms with Gasteiger partial charge in [0.05, 0.1) is 0 Å². The zero-order chi connectivity index (χ0) is 21.9. The molecule has 0 aromatic heterocycles. The van der Waals surface area contributed by atoms with Crippen molar-refractivity contribution >= 4 is 5.78 Å². The van der Waals surface area contributed by atoms with Gasteiger partial charge < -0.3 is 15.0 Å². The zero-order valence-corrected chi connectivity index (χ0v) is 19.3. The summed E-state index contributed by atoms with van der Waals surface area (Å²) in [5.41, 5.74) is 2.02. The highest BCUT2D eigenvalue weighted by Gasteiger charge is 2.38. The summed E-state index contributed by atoms with van der Waals surface area (Å²) in [4.78, 5) is 15.0. The van der Waals surface area contributed by atoms with Crippen molar-refractivity contribution in [3.8, 4) is 11.5 Å². The second-order valence-corrected chi connectivity index (χ2v) is 10.3. The van der Waals surface area contributed by atoms with E-state index in [1.807, 2.05) is 56.6 Å². The summed E-state index contributed by atoms with van der Waals surface area (Å²) in [6, 6.07) is 15.7. The predicted octanol–water partition coefficient (Wildman–Crippen LogP) is 5.67. The highest BCUT2D eigenvalue weighted by Crippen LogP contribution is 2.35. The number of hydrogen-bond donors (Lipinski definition) is 1. The second-order valence-electron chi connectivity index (χ2n) is 10.3. The number of para-hydroxylation sites is 1. The quantitative estimate of drug-likeness (QED) is 0.599. The standard InChI is InChI=1S/C26H36N2O2/c1-25(2)16-19(17-26(3,4)27-25)15-23(29)20-11-13-22(14-12-20)30-24-10-8-7-9-21(24)18-28(5)6/h7-14,19,27H,15-18H2,1-6H3. The van der Waals surface area contributed by atoms with E-state index >= 15 is 0 Å². The van der Waals surface area contributed by atoms with Gasteiger partial charge in [0.1, 0.15) is 11.5 Å². The summed E-state index contributed by atoms with van der Waals surface area (Å²) < 4.78 is 6.10. The molecule has 1 fully saturated rings. The molecule has 0 radical (unpaired) electrons. The second kappa shape index (κ2) is 8.91. The lowest BCUT2D eigenvalue weighted by Crippen LogP contribution is -2.57. The topological polar surface area (TPSA) is 41.6 Å². The van der Waals surface area contributed by atoms with Crippen LogP contribution in [0, 0.1) is 5.92 Å². The van der Waals surface area contributed by atoms with Gasteiger partial charge in [-0.3, -0.25) is 4.79 Å². The molecule has 2 aromatic carbocycles. The molecule has 0 spiro atoms. The number of nitrogens with zero attached hydrogens (tertiary/aromatic N) is 1. The van der Waals surface area contributed by atoms with Gasteiger partial charge in [0.15, 0.2) is 5.78 Å². The molecule has 0 aliphatic carbocycles. The van der Waals surface area contributed by atoms with Crippen LogP contribution in [-0.4, -0.2) is 35.9 Å². The maximum absolute atomic E-state index is 12.9. The van der Waals surface area contributed by atoms with Crippen molar-refractivity contribution in [3.05, 3.63) is 59.7 Å². The van der Waals surface area contributed by atoms with E-state index < -0.39 is 0 Å². The maximum Gasteiger partial charge on any atom is 0.163 e. The summed E-state index contributed by atoms with van der Waals surface area (Å²) in [5.74, 6) is 2.22. The first-order chi connectivity index (χ1) is 14.0. The van der Waals surface area contributed by atoms with Gasteiger partial charge in [-0.2, -0.15) is 0 Å². The van der Waals surface area contributed by atoms with Gasteiger partial charge in [-0.25, -0.2) is 0 Å². The Bertz CT molecular complexity index is 853. The molecule has 0 bridgehead atoms. The summed E-state index contributed by atoms with van der Waals surface area (Å²) >= 11 is 0. The molecule has 4 heteroatoms. The minimum atomic E-state index is 0.0599. The number of benzene rings is 2. The van der Waals surface area contributed by atoms with Crippen LogP contribution in [0.5, 0.6) is 11.5 Å². The van der Waals surface area contributed by atoms with Crippen LogP contribution in [0.25, 0.3) is 0 Å². The van der Waals surface area contributed by atoms with E-state index in [0.29, 0.717) is 12.3 Å². The normalized spacial score (nSPS) is 18.4. The lowest BCUT2D eigenvalue weighted by atomic mass is 9.74. The maximum atomic E-state index is 12.9. The van der Waals surface area contributed by atoms with Crippen LogP contribution >= 0.6 is 0 Å². The van der Waals surface area contributed by atoms with Crippen molar-refractivity contribution in [2.75, 3.05) is 14.1 Å². The number of carbonyl (C=O) groups excluding carboxylic acids is 1. The lowest BCUT2D eigenvalue weighted by molar-refractivity contribution is 0.0864. The molecule has 162 valence electrons. The van der Waals surface area contributed by atoms with Crippen LogP contribution in [0.2, 0.25) is 0 Å². The van der Waals surface area contributed by atoms with Crippen LogP contribution in [0.15, 0.2) is 48.5 Å². The monoisotopic (exact) mass is 408 g/mol. The van der Waals surface area contributed by atoms with E-state index in [4.69, 9.17) is 4.74 Å². The molecule has 30 heavy (non-hydrogen) atoms. The highest BCUT2D eigenvalue weighted by molar-refractivity contribution is 5.96. The fourth-order valence-electron chi connectivity index (χ4n) is 4.97. The van der Waals surface area contributed by atoms with Crippen molar-refractivity contribution in [3.63, 3.8) is 0 Å². The molecule has 1 aliphatic heterocycles. The van der Waals surface area contributed by atoms with Crippen LogP contribution in [0.4, 0.5) is 0 Å². The van der Waals surface area contributed by atoms with E-state index in [1.165, 1.54) is 0 Å². The van der Waals surface area contributed by atoms with Crippen LogP contribution in [0.1, 0.15) is 62.9 Å². The summed E-state index contributed by atoms with van der Waals surface area (Å²) in [5, 5.41) is 3.69. The summed E-state index contributed by atoms with van der Waals surface area (Å²) in [6.45, 7) is 9.73. The number of hydrogen-bond acceptors (Lipinski definition) is 4. The number of nitrogens with one attached hydrogen (secondary N) is 1. The molecule has 0 saturated carbocycles. The molecule has 4 nitrogen and oxygen atoms in total. The molecule has 1 heterocycles. The van der Waals surface area contributed by atoms with Gasteiger partial charge in [0, 0.05) is 35.2 Å². The van der Waals surface area contributed by atoms with Gasteiger partial charge in [-0.1, -0.05) is 18.2 Å². The minimum Gasteiger partial charge on any atom is -0.457 e. The number of piperidine rings is 1. The molecular formula is C26H36N2O2. The van der Waals surface area contributed by atoms with E-state index in [-0.39, 0.29) is 16.9 Å². The molecule has 0 amide bonds. The van der Waals surface area contributed by atoms with Crippen molar-refractivity contribution in [1.29, 1.82) is 0 Å². The highest BCUT2D eigenvalue weighted by atomic mass is 16.5. The lowest BCUT2D eigenvalue weighted by Gasteiger charge is -2.46. The Morgan fingerprint density at radius 2 is 1.60 bits per heavy atom. The van der Waals surface area contributed by atoms with Crippen LogP contribution < -0.4 is 10.1 Å². The Hall–Kier alpha value is -2.17.